The van der Waals surface area contributed by atoms with Gasteiger partial charge in [0.2, 0.25) is 11.7 Å². The molecule has 8 nitrogen and oxygen atoms in total. The first-order valence-electron chi connectivity index (χ1n) is 4.77. The van der Waals surface area contributed by atoms with Crippen molar-refractivity contribution in [2.45, 2.75) is 0 Å². The second kappa shape index (κ2) is 5.09. The molecule has 1 unspecified atom stereocenters. The third-order valence-corrected chi connectivity index (χ3v) is 2.09. The Bertz CT molecular complexity index is 540. The van der Waals surface area contributed by atoms with Gasteiger partial charge in [0.15, 0.2) is 11.7 Å². The fourth-order valence-electron chi connectivity index (χ4n) is 1.18. The van der Waals surface area contributed by atoms with Gasteiger partial charge in [-0.05, 0) is 6.07 Å². The van der Waals surface area contributed by atoms with Crippen molar-refractivity contribution in [2.75, 3.05) is 14.1 Å². The summed E-state index contributed by atoms with van der Waals surface area (Å²) in [6, 6.07) is 3.60. The van der Waals surface area contributed by atoms with E-state index in [1.165, 1.54) is 14.1 Å². The second-order valence-corrected chi connectivity index (χ2v) is 3.55. The van der Waals surface area contributed by atoms with Gasteiger partial charge < -0.3 is 9.32 Å². The van der Waals surface area contributed by atoms with Gasteiger partial charge in [-0.1, -0.05) is 0 Å². The van der Waals surface area contributed by atoms with Gasteiger partial charge in [0.25, 0.3) is 0 Å². The average molecular weight is 251 g/mol. The van der Waals surface area contributed by atoms with Crippen LogP contribution in [0, 0.1) is 27.4 Å². The molecule has 1 aromatic rings. The molecule has 0 aromatic carbocycles. The van der Waals surface area contributed by atoms with Crippen molar-refractivity contribution in [2.24, 2.45) is 5.92 Å². The molecule has 0 aliphatic carbocycles. The Labute approximate surface area is 102 Å². The van der Waals surface area contributed by atoms with Crippen LogP contribution in [-0.2, 0) is 4.79 Å². The molecule has 8 heteroatoms. The molecule has 0 aliphatic heterocycles. The predicted octanol–water partition coefficient (Wildman–Crippen LogP) is 0.598. The van der Waals surface area contributed by atoms with Crippen molar-refractivity contribution in [1.82, 2.24) is 4.90 Å². The lowest BCUT2D eigenvalue weighted by Crippen LogP contribution is -2.33. The standard InChI is InChI=1S/C10H9N3O5/c1-12(2)10(15)6(5-11)9(14)7-3-4-8(18-7)13(16)17/h3-4,6H,1-2H3. The van der Waals surface area contributed by atoms with Crippen LogP contribution in [-0.4, -0.2) is 35.6 Å². The zero-order valence-electron chi connectivity index (χ0n) is 9.61. The van der Waals surface area contributed by atoms with Crippen molar-refractivity contribution < 1.29 is 18.9 Å². The third kappa shape index (κ3) is 2.52. The molecule has 0 aliphatic rings. The van der Waals surface area contributed by atoms with Crippen molar-refractivity contribution in [1.29, 1.82) is 5.26 Å². The van der Waals surface area contributed by atoms with Gasteiger partial charge in [0.1, 0.15) is 4.92 Å². The van der Waals surface area contributed by atoms with Crippen LogP contribution in [0.4, 0.5) is 5.88 Å². The number of amides is 1. The molecular weight excluding hydrogens is 242 g/mol. The second-order valence-electron chi connectivity index (χ2n) is 3.55. The maximum absolute atomic E-state index is 11.8. The summed E-state index contributed by atoms with van der Waals surface area (Å²) in [6.45, 7) is 0. The fraction of sp³-hybridized carbons (Fsp3) is 0.300. The highest BCUT2D eigenvalue weighted by Crippen LogP contribution is 2.19. The van der Waals surface area contributed by atoms with Gasteiger partial charge >= 0.3 is 5.88 Å². The van der Waals surface area contributed by atoms with Crippen molar-refractivity contribution in [3.05, 3.63) is 28.0 Å². The normalized spacial score (nSPS) is 11.4. The summed E-state index contributed by atoms with van der Waals surface area (Å²) in [7, 11) is 2.79. The predicted molar refractivity (Wildman–Crippen MR) is 57.5 cm³/mol. The minimum Gasteiger partial charge on any atom is -0.397 e. The van der Waals surface area contributed by atoms with Crippen LogP contribution in [0.1, 0.15) is 10.6 Å². The van der Waals surface area contributed by atoms with Gasteiger partial charge in [-0.3, -0.25) is 19.7 Å². The number of carbonyl (C=O) groups excluding carboxylic acids is 2. The maximum Gasteiger partial charge on any atom is 0.433 e. The van der Waals surface area contributed by atoms with E-state index in [0.717, 1.165) is 17.0 Å². The summed E-state index contributed by atoms with van der Waals surface area (Å²) in [4.78, 5) is 34.0. The number of rotatable bonds is 4. The first kappa shape index (κ1) is 13.4. The molecule has 1 rings (SSSR count). The van der Waals surface area contributed by atoms with Crippen molar-refractivity contribution >= 4 is 17.6 Å². The SMILES string of the molecule is CN(C)C(=O)C(C#N)C(=O)c1ccc([N+](=O)[O-])o1. The quantitative estimate of drug-likeness (QED) is 0.334. The molecule has 0 spiro atoms. The number of nitriles is 1. The lowest BCUT2D eigenvalue weighted by Gasteiger charge is -2.12. The number of hydrogen-bond acceptors (Lipinski definition) is 6. The van der Waals surface area contributed by atoms with Crippen LogP contribution in [0.3, 0.4) is 0 Å². The highest BCUT2D eigenvalue weighted by molar-refractivity contribution is 6.10. The Morgan fingerprint density at radius 2 is 2.11 bits per heavy atom. The van der Waals surface area contributed by atoms with E-state index >= 15 is 0 Å². The van der Waals surface area contributed by atoms with Crippen LogP contribution in [0.15, 0.2) is 16.5 Å². The molecule has 1 amide bonds. The van der Waals surface area contributed by atoms with E-state index in [2.05, 4.69) is 4.42 Å². The Hall–Kier alpha value is -2.69. The first-order chi connectivity index (χ1) is 8.38. The maximum atomic E-state index is 11.8. The van der Waals surface area contributed by atoms with E-state index in [9.17, 15) is 19.7 Å². The van der Waals surface area contributed by atoms with Crippen molar-refractivity contribution in [3.63, 3.8) is 0 Å². The van der Waals surface area contributed by atoms with E-state index in [4.69, 9.17) is 5.26 Å². The molecule has 94 valence electrons. The minimum absolute atomic E-state index is 0.386. The Balaban J connectivity index is 3.01. The lowest BCUT2D eigenvalue weighted by atomic mass is 10.0. The topological polar surface area (TPSA) is 117 Å². The summed E-state index contributed by atoms with van der Waals surface area (Å²) in [5, 5.41) is 19.2. The number of nitro groups is 1. The molecule has 0 bridgehead atoms. The lowest BCUT2D eigenvalue weighted by molar-refractivity contribution is -0.402. The van der Waals surface area contributed by atoms with Gasteiger partial charge in [-0.15, -0.1) is 0 Å². The number of ketones is 1. The molecule has 0 saturated carbocycles. The largest absolute Gasteiger partial charge is 0.433 e. The third-order valence-electron chi connectivity index (χ3n) is 2.09. The van der Waals surface area contributed by atoms with Crippen molar-refractivity contribution in [3.8, 4) is 6.07 Å². The molecule has 18 heavy (non-hydrogen) atoms. The monoisotopic (exact) mass is 251 g/mol. The summed E-state index contributed by atoms with van der Waals surface area (Å²) in [6.07, 6.45) is 0. The van der Waals surface area contributed by atoms with Gasteiger partial charge in [0, 0.05) is 14.1 Å². The van der Waals surface area contributed by atoms with Gasteiger partial charge in [-0.25, -0.2) is 0 Å². The molecular formula is C10H9N3O5. The molecule has 1 atom stereocenters. The summed E-state index contributed by atoms with van der Waals surface area (Å²) < 4.78 is 4.65. The molecule has 0 saturated heterocycles. The zero-order chi connectivity index (χ0) is 13.9. The minimum atomic E-state index is -1.56. The van der Waals surface area contributed by atoms with E-state index in [1.807, 2.05) is 0 Å². The summed E-state index contributed by atoms with van der Waals surface area (Å²) >= 11 is 0. The molecule has 0 N–H and O–H groups in total. The van der Waals surface area contributed by atoms with E-state index < -0.39 is 28.4 Å². The van der Waals surface area contributed by atoms with Crippen LogP contribution < -0.4 is 0 Å². The van der Waals surface area contributed by atoms with Gasteiger partial charge in [-0.2, -0.15) is 5.26 Å². The molecule has 1 aromatic heterocycles. The number of furan rings is 1. The fourth-order valence-corrected chi connectivity index (χ4v) is 1.18. The molecule has 0 radical (unpaired) electrons. The molecule has 1 heterocycles. The Morgan fingerprint density at radius 1 is 1.50 bits per heavy atom. The van der Waals surface area contributed by atoms with Crippen LogP contribution in [0.2, 0.25) is 0 Å². The number of carbonyl (C=O) groups is 2. The smallest absolute Gasteiger partial charge is 0.397 e. The van der Waals surface area contributed by atoms with Crippen LogP contribution in [0.25, 0.3) is 0 Å². The van der Waals surface area contributed by atoms with E-state index in [0.29, 0.717) is 0 Å². The molecule has 0 fully saturated rings. The highest BCUT2D eigenvalue weighted by Gasteiger charge is 2.32. The van der Waals surface area contributed by atoms with Gasteiger partial charge in [0.05, 0.1) is 12.1 Å². The van der Waals surface area contributed by atoms with Crippen LogP contribution >= 0.6 is 0 Å². The number of nitrogens with zero attached hydrogens (tertiary/aromatic N) is 3. The average Bonchev–Trinajstić information content (AvgIpc) is 2.78. The zero-order valence-corrected chi connectivity index (χ0v) is 9.61. The highest BCUT2D eigenvalue weighted by atomic mass is 16.6. The number of hydrogen-bond donors (Lipinski definition) is 0. The first-order valence-corrected chi connectivity index (χ1v) is 4.77. The number of Topliss-reactive ketones (excluding diaryl/α,β-unsaturated/α-hetero) is 1. The Kier molecular flexibility index (Phi) is 3.78. The van der Waals surface area contributed by atoms with E-state index in [1.54, 1.807) is 6.07 Å². The van der Waals surface area contributed by atoms with E-state index in [-0.39, 0.29) is 5.76 Å². The Morgan fingerprint density at radius 3 is 2.50 bits per heavy atom. The summed E-state index contributed by atoms with van der Waals surface area (Å²) in [5.74, 6) is -4.17. The summed E-state index contributed by atoms with van der Waals surface area (Å²) in [5.41, 5.74) is 0. The van der Waals surface area contributed by atoms with Crippen LogP contribution in [0.5, 0.6) is 0 Å².